The van der Waals surface area contributed by atoms with Crippen LogP contribution in [0.5, 0.6) is 0 Å². The van der Waals surface area contributed by atoms with Gasteiger partial charge >= 0.3 is 51.4 Å². The van der Waals surface area contributed by atoms with Gasteiger partial charge in [-0.15, -0.1) is 0 Å². The third-order valence-electron chi connectivity index (χ3n) is 1.21. The van der Waals surface area contributed by atoms with E-state index in [1.807, 2.05) is 19.1 Å². The Bertz CT molecular complexity index is 313. The molecule has 0 radical (unpaired) electrons. The molecule has 0 atom stereocenters. The second kappa shape index (κ2) is 7.41. The smallest absolute Gasteiger partial charge is 0.396 e. The molecule has 0 saturated heterocycles. The Labute approximate surface area is 126 Å². The summed E-state index contributed by atoms with van der Waals surface area (Å²) in [6.45, 7) is 1.96. The summed E-state index contributed by atoms with van der Waals surface area (Å²) in [4.78, 5) is 0.768. The molecular formula is C7H7KO3S2. The minimum absolute atomic E-state index is 0. The second-order valence-corrected chi connectivity index (χ2v) is 3.76. The normalized spacial score (nSPS) is 9.69. The van der Waals surface area contributed by atoms with E-state index < -0.39 is 11.0 Å². The first-order chi connectivity index (χ1) is 5.68. The van der Waals surface area contributed by atoms with Crippen molar-refractivity contribution in [1.82, 2.24) is 0 Å². The third kappa shape index (κ3) is 6.24. The Morgan fingerprint density at radius 1 is 1.23 bits per heavy atom. The van der Waals surface area contributed by atoms with Crippen LogP contribution in [0, 0.1) is 6.92 Å². The van der Waals surface area contributed by atoms with Crippen molar-refractivity contribution in [3.8, 4) is 0 Å². The van der Waals surface area contributed by atoms with Crippen LogP contribution in [0.25, 0.3) is 0 Å². The number of hydrogen-bond acceptors (Lipinski definition) is 5. The van der Waals surface area contributed by atoms with Crippen molar-refractivity contribution in [2.24, 2.45) is 0 Å². The summed E-state index contributed by atoms with van der Waals surface area (Å²) < 4.78 is 24.3. The minimum Gasteiger partial charge on any atom is -0.396 e. The molecule has 0 amide bonds. The Morgan fingerprint density at radius 2 is 1.77 bits per heavy atom. The largest absolute Gasteiger partial charge is 1.00 e. The van der Waals surface area contributed by atoms with Gasteiger partial charge in [0.2, 0.25) is 0 Å². The second-order valence-electron chi connectivity index (χ2n) is 2.17. The molecule has 0 unspecified atom stereocenters. The maximum Gasteiger partial charge on any atom is 1.00 e. The Morgan fingerprint density at radius 3 is 2.23 bits per heavy atom. The third-order valence-corrected chi connectivity index (χ3v) is 2.39. The van der Waals surface area contributed by atoms with E-state index in [0.29, 0.717) is 0 Å². The first kappa shape index (κ1) is 14.1. The molecule has 0 spiro atoms. The van der Waals surface area contributed by atoms with Crippen LogP contribution in [0.4, 0.5) is 0 Å². The molecule has 0 fully saturated rings. The molecule has 0 heterocycles. The van der Waals surface area contributed by atoms with Crippen LogP contribution < -0.4 is 51.4 Å². The van der Waals surface area contributed by atoms with Gasteiger partial charge in [-0.25, -0.2) is 0 Å². The minimum atomic E-state index is -2.46. The number of aryl methyl sites for hydroxylation is 1. The molecule has 1 aromatic rings. The van der Waals surface area contributed by atoms with Crippen molar-refractivity contribution < 1.29 is 63.4 Å². The van der Waals surface area contributed by atoms with Crippen LogP contribution in [0.2, 0.25) is 0 Å². The average molecular weight is 242 g/mol. The van der Waals surface area contributed by atoms with E-state index in [0.717, 1.165) is 22.5 Å². The maximum atomic E-state index is 10.00. The first-order valence-electron chi connectivity index (χ1n) is 3.19. The van der Waals surface area contributed by atoms with E-state index in [1.54, 1.807) is 12.1 Å². The van der Waals surface area contributed by atoms with Crippen LogP contribution in [-0.4, -0.2) is 0 Å². The van der Waals surface area contributed by atoms with E-state index >= 15 is 0 Å². The molecule has 13 heavy (non-hydrogen) atoms. The zero-order valence-corrected chi connectivity index (χ0v) is 12.1. The van der Waals surface area contributed by atoms with Gasteiger partial charge < -0.3 is 12.0 Å². The van der Waals surface area contributed by atoms with Crippen molar-refractivity contribution >= 4 is 23.0 Å². The molecule has 0 bridgehead atoms. The summed E-state index contributed by atoms with van der Waals surface area (Å²) in [5, 5.41) is 0. The molecule has 1 aromatic carbocycles. The standard InChI is InChI=1S/C7H7O3S2.K/c1-6-2-4-7(5-3-6)11-10-12(8)9;/h2-5H,1H3;/q-1;+1. The van der Waals surface area contributed by atoms with Crippen LogP contribution in [0.1, 0.15) is 5.56 Å². The van der Waals surface area contributed by atoms with Gasteiger partial charge in [0, 0.05) is 16.9 Å². The zero-order chi connectivity index (χ0) is 8.97. The number of benzene rings is 1. The fourth-order valence-electron chi connectivity index (χ4n) is 0.661. The fourth-order valence-corrected chi connectivity index (χ4v) is 1.44. The predicted molar refractivity (Wildman–Crippen MR) is 46.9 cm³/mol. The van der Waals surface area contributed by atoms with E-state index in [1.165, 1.54) is 0 Å². The molecule has 0 N–H and O–H groups in total. The first-order valence-corrected chi connectivity index (χ1v) is 4.93. The Kier molecular flexibility index (Phi) is 8.05. The van der Waals surface area contributed by atoms with E-state index in [-0.39, 0.29) is 51.4 Å². The molecule has 6 heteroatoms. The van der Waals surface area contributed by atoms with Gasteiger partial charge in [-0.1, -0.05) is 17.7 Å². The molecule has 0 aliphatic rings. The molecule has 0 aliphatic carbocycles. The molecule has 0 aromatic heterocycles. The summed E-state index contributed by atoms with van der Waals surface area (Å²) in [6, 6.07) is 7.37. The predicted octanol–water partition coefficient (Wildman–Crippen LogP) is -0.753. The van der Waals surface area contributed by atoms with E-state index in [9.17, 15) is 8.42 Å². The van der Waals surface area contributed by atoms with Crippen molar-refractivity contribution in [3.05, 3.63) is 29.8 Å². The van der Waals surface area contributed by atoms with Crippen molar-refractivity contribution in [1.29, 1.82) is 0 Å². The maximum absolute atomic E-state index is 10.00. The van der Waals surface area contributed by atoms with Crippen molar-refractivity contribution in [2.75, 3.05) is 0 Å². The summed E-state index contributed by atoms with van der Waals surface area (Å²) in [5.74, 6) is 0. The topological polar surface area (TPSA) is 43.4 Å². The van der Waals surface area contributed by atoms with Crippen LogP contribution >= 0.6 is 12.0 Å². The molecule has 0 aliphatic heterocycles. The van der Waals surface area contributed by atoms with Crippen molar-refractivity contribution in [3.63, 3.8) is 0 Å². The Hall–Kier alpha value is 1.12. The van der Waals surface area contributed by atoms with Gasteiger partial charge in [0.25, 0.3) is 0 Å². The molecule has 0 saturated carbocycles. The average Bonchev–Trinajstić information content (AvgIpc) is 2.03. The molecular weight excluding hydrogens is 235 g/mol. The van der Waals surface area contributed by atoms with Crippen molar-refractivity contribution in [2.45, 2.75) is 11.8 Å². The van der Waals surface area contributed by atoms with E-state index in [2.05, 4.69) is 3.63 Å². The molecule has 66 valence electrons. The van der Waals surface area contributed by atoms with Crippen LogP contribution in [0.15, 0.2) is 29.2 Å². The quantitative estimate of drug-likeness (QED) is 0.397. The van der Waals surface area contributed by atoms with Crippen LogP contribution in [0.3, 0.4) is 0 Å². The molecule has 1 rings (SSSR count). The van der Waals surface area contributed by atoms with E-state index in [4.69, 9.17) is 0 Å². The van der Waals surface area contributed by atoms with Gasteiger partial charge in [-0.3, -0.25) is 0 Å². The monoisotopic (exact) mass is 242 g/mol. The van der Waals surface area contributed by atoms with Crippen LogP contribution in [-0.2, 0) is 23.0 Å². The Balaban J connectivity index is 0.00000144. The SMILES string of the molecule is Cc1ccc(SO[S-](=O)=O)cc1.[K+]. The number of rotatable bonds is 3. The molecule has 3 nitrogen and oxygen atoms in total. The fraction of sp³-hybridized carbons (Fsp3) is 0.143. The zero-order valence-electron chi connectivity index (χ0n) is 7.35. The summed E-state index contributed by atoms with van der Waals surface area (Å²) in [5.41, 5.74) is 1.13. The summed E-state index contributed by atoms with van der Waals surface area (Å²) in [7, 11) is -2.46. The van der Waals surface area contributed by atoms with Gasteiger partial charge in [0.1, 0.15) is 0 Å². The number of hydrogen-bond donors (Lipinski definition) is 0. The summed E-state index contributed by atoms with van der Waals surface area (Å²) in [6.07, 6.45) is 0. The van der Waals surface area contributed by atoms with Gasteiger partial charge in [-0.05, 0) is 19.1 Å². The van der Waals surface area contributed by atoms with Gasteiger partial charge in [0.05, 0.1) is 11.0 Å². The van der Waals surface area contributed by atoms with Gasteiger partial charge in [0.15, 0.2) is 0 Å². The van der Waals surface area contributed by atoms with Gasteiger partial charge in [-0.2, -0.15) is 0 Å². The summed E-state index contributed by atoms with van der Waals surface area (Å²) >= 11 is 0.825.